The number of aliphatic hydroxyl groups excluding tert-OH is 1. The minimum absolute atomic E-state index is 0.0636. The van der Waals surface area contributed by atoms with Crippen LogP contribution in [-0.4, -0.2) is 85.1 Å². The molecular weight excluding hydrogens is 284 g/mol. The standard InChI is InChI=1S/C16H30N2O4/c1-3-14(19)11-17-6-8-18(9-7-17)16(20)13(2)22-12-15-5-4-10-21-15/h13-15,19H,3-12H2,1-2H3/t13-,14-,15-/m0/s1. The third-order valence-electron chi connectivity index (χ3n) is 4.53. The van der Waals surface area contributed by atoms with Crippen molar-refractivity contribution in [1.29, 1.82) is 0 Å². The molecule has 0 radical (unpaired) electrons. The van der Waals surface area contributed by atoms with Crippen LogP contribution in [0.2, 0.25) is 0 Å². The van der Waals surface area contributed by atoms with Crippen molar-refractivity contribution in [2.45, 2.75) is 51.4 Å². The zero-order chi connectivity index (χ0) is 15.9. The van der Waals surface area contributed by atoms with Gasteiger partial charge in [0.05, 0.1) is 18.8 Å². The van der Waals surface area contributed by atoms with Crippen molar-refractivity contribution < 1.29 is 19.4 Å². The van der Waals surface area contributed by atoms with Gasteiger partial charge in [-0.05, 0) is 26.2 Å². The van der Waals surface area contributed by atoms with Crippen LogP contribution < -0.4 is 0 Å². The predicted molar refractivity (Wildman–Crippen MR) is 83.7 cm³/mol. The third-order valence-corrected chi connectivity index (χ3v) is 4.53. The number of nitrogens with zero attached hydrogens (tertiary/aromatic N) is 2. The highest BCUT2D eigenvalue weighted by Crippen LogP contribution is 2.14. The van der Waals surface area contributed by atoms with Crippen molar-refractivity contribution in [2.24, 2.45) is 0 Å². The number of hydrogen-bond donors (Lipinski definition) is 1. The number of rotatable bonds is 7. The molecule has 0 saturated carbocycles. The number of piperazine rings is 1. The van der Waals surface area contributed by atoms with E-state index in [1.54, 1.807) is 0 Å². The molecule has 0 aliphatic carbocycles. The van der Waals surface area contributed by atoms with Crippen LogP contribution in [0, 0.1) is 0 Å². The lowest BCUT2D eigenvalue weighted by atomic mass is 10.2. The van der Waals surface area contributed by atoms with Crippen molar-refractivity contribution in [3.8, 4) is 0 Å². The van der Waals surface area contributed by atoms with Crippen molar-refractivity contribution in [3.05, 3.63) is 0 Å². The molecule has 2 fully saturated rings. The van der Waals surface area contributed by atoms with E-state index in [4.69, 9.17) is 9.47 Å². The normalized spacial score (nSPS) is 26.1. The average Bonchev–Trinajstić information content (AvgIpc) is 3.06. The zero-order valence-electron chi connectivity index (χ0n) is 13.9. The van der Waals surface area contributed by atoms with Crippen LogP contribution in [0.4, 0.5) is 0 Å². The van der Waals surface area contributed by atoms with Gasteiger partial charge < -0.3 is 19.5 Å². The van der Waals surface area contributed by atoms with E-state index in [-0.39, 0.29) is 18.1 Å². The minimum Gasteiger partial charge on any atom is -0.392 e. The van der Waals surface area contributed by atoms with Crippen LogP contribution in [0.25, 0.3) is 0 Å². The highest BCUT2D eigenvalue weighted by molar-refractivity contribution is 5.80. The van der Waals surface area contributed by atoms with Crippen LogP contribution in [0.3, 0.4) is 0 Å². The molecular formula is C16H30N2O4. The second-order valence-electron chi connectivity index (χ2n) is 6.30. The number of carbonyl (C=O) groups excluding carboxylic acids is 1. The lowest BCUT2D eigenvalue weighted by molar-refractivity contribution is -0.146. The third kappa shape index (κ3) is 5.19. The first-order chi connectivity index (χ1) is 10.6. The lowest BCUT2D eigenvalue weighted by Crippen LogP contribution is -2.52. The maximum Gasteiger partial charge on any atom is 0.251 e. The van der Waals surface area contributed by atoms with Gasteiger partial charge in [0.1, 0.15) is 6.10 Å². The first kappa shape index (κ1) is 17.7. The molecule has 22 heavy (non-hydrogen) atoms. The van der Waals surface area contributed by atoms with Gasteiger partial charge in [-0.25, -0.2) is 0 Å². The van der Waals surface area contributed by atoms with E-state index in [1.807, 2.05) is 18.7 Å². The summed E-state index contributed by atoms with van der Waals surface area (Å²) >= 11 is 0. The predicted octanol–water partition coefficient (Wildman–Crippen LogP) is 0.486. The molecule has 0 spiro atoms. The van der Waals surface area contributed by atoms with Gasteiger partial charge in [-0.15, -0.1) is 0 Å². The highest BCUT2D eigenvalue weighted by Gasteiger charge is 2.27. The fraction of sp³-hybridized carbons (Fsp3) is 0.938. The van der Waals surface area contributed by atoms with Crippen molar-refractivity contribution in [1.82, 2.24) is 9.80 Å². The summed E-state index contributed by atoms with van der Waals surface area (Å²) in [5, 5.41) is 9.69. The van der Waals surface area contributed by atoms with Crippen LogP contribution >= 0.6 is 0 Å². The summed E-state index contributed by atoms with van der Waals surface area (Å²) in [6.45, 7) is 8.89. The van der Waals surface area contributed by atoms with Gasteiger partial charge in [0.25, 0.3) is 5.91 Å². The number of amides is 1. The Morgan fingerprint density at radius 1 is 1.36 bits per heavy atom. The van der Waals surface area contributed by atoms with E-state index in [0.717, 1.165) is 39.0 Å². The summed E-state index contributed by atoms with van der Waals surface area (Å²) in [6.07, 6.45) is 2.37. The van der Waals surface area contributed by atoms with Crippen molar-refractivity contribution in [2.75, 3.05) is 45.9 Å². The van der Waals surface area contributed by atoms with Gasteiger partial charge in [0.15, 0.2) is 0 Å². The van der Waals surface area contributed by atoms with Crippen LogP contribution in [0.1, 0.15) is 33.1 Å². The first-order valence-corrected chi connectivity index (χ1v) is 8.52. The highest BCUT2D eigenvalue weighted by atomic mass is 16.5. The van der Waals surface area contributed by atoms with Gasteiger partial charge in [0.2, 0.25) is 0 Å². The number of ether oxygens (including phenoxy) is 2. The Hall–Kier alpha value is -0.690. The van der Waals surface area contributed by atoms with Gasteiger partial charge in [-0.2, -0.15) is 0 Å². The Balaban J connectivity index is 1.67. The summed E-state index contributed by atoms with van der Waals surface area (Å²) in [6, 6.07) is 0. The molecule has 6 nitrogen and oxygen atoms in total. The molecule has 3 atom stereocenters. The maximum atomic E-state index is 12.4. The first-order valence-electron chi connectivity index (χ1n) is 8.52. The molecule has 0 aromatic carbocycles. The number of β-amino-alcohol motifs (C(OH)–C–C–N with tert-alkyl or cyclic N) is 1. The molecule has 6 heteroatoms. The Morgan fingerprint density at radius 3 is 2.68 bits per heavy atom. The molecule has 1 amide bonds. The van der Waals surface area contributed by atoms with Gasteiger partial charge in [-0.3, -0.25) is 9.69 Å². The molecule has 2 saturated heterocycles. The summed E-state index contributed by atoms with van der Waals surface area (Å²) < 4.78 is 11.2. The Morgan fingerprint density at radius 2 is 2.09 bits per heavy atom. The summed E-state index contributed by atoms with van der Waals surface area (Å²) in [7, 11) is 0. The lowest BCUT2D eigenvalue weighted by Gasteiger charge is -2.36. The monoisotopic (exact) mass is 314 g/mol. The minimum atomic E-state index is -0.406. The fourth-order valence-corrected chi connectivity index (χ4v) is 2.93. The molecule has 2 heterocycles. The Kier molecular flexibility index (Phi) is 7.08. The molecule has 0 aromatic heterocycles. The molecule has 0 bridgehead atoms. The molecule has 128 valence electrons. The van der Waals surface area contributed by atoms with Crippen molar-refractivity contribution >= 4 is 5.91 Å². The number of aliphatic hydroxyl groups is 1. The van der Waals surface area contributed by atoms with E-state index in [0.29, 0.717) is 26.2 Å². The van der Waals surface area contributed by atoms with E-state index in [1.165, 1.54) is 0 Å². The Labute approximate surface area is 133 Å². The van der Waals surface area contributed by atoms with Gasteiger partial charge in [-0.1, -0.05) is 6.92 Å². The maximum absolute atomic E-state index is 12.4. The smallest absolute Gasteiger partial charge is 0.251 e. The van der Waals surface area contributed by atoms with Crippen LogP contribution in [0.5, 0.6) is 0 Å². The van der Waals surface area contributed by atoms with Gasteiger partial charge >= 0.3 is 0 Å². The molecule has 2 rings (SSSR count). The molecule has 2 aliphatic rings. The van der Waals surface area contributed by atoms with E-state index >= 15 is 0 Å². The van der Waals surface area contributed by atoms with Crippen LogP contribution in [-0.2, 0) is 14.3 Å². The molecule has 1 N–H and O–H groups in total. The molecule has 0 aromatic rings. The zero-order valence-corrected chi connectivity index (χ0v) is 13.9. The second-order valence-corrected chi connectivity index (χ2v) is 6.30. The van der Waals surface area contributed by atoms with E-state index in [2.05, 4.69) is 4.90 Å². The number of hydrogen-bond acceptors (Lipinski definition) is 5. The quantitative estimate of drug-likeness (QED) is 0.741. The second kappa shape index (κ2) is 8.82. The fourth-order valence-electron chi connectivity index (χ4n) is 2.93. The molecule has 2 aliphatic heterocycles. The molecule has 0 unspecified atom stereocenters. The summed E-state index contributed by atoms with van der Waals surface area (Å²) in [4.78, 5) is 16.5. The van der Waals surface area contributed by atoms with Crippen molar-refractivity contribution in [3.63, 3.8) is 0 Å². The van der Waals surface area contributed by atoms with E-state index in [9.17, 15) is 9.90 Å². The summed E-state index contributed by atoms with van der Waals surface area (Å²) in [5.41, 5.74) is 0. The summed E-state index contributed by atoms with van der Waals surface area (Å²) in [5.74, 6) is 0.0636. The van der Waals surface area contributed by atoms with E-state index < -0.39 is 6.10 Å². The topological polar surface area (TPSA) is 62.2 Å². The largest absolute Gasteiger partial charge is 0.392 e. The average molecular weight is 314 g/mol. The SMILES string of the molecule is CC[C@H](O)CN1CCN(C(=O)[C@H](C)OC[C@@H]2CCCO2)CC1. The number of carbonyl (C=O) groups is 1. The van der Waals surface area contributed by atoms with Gasteiger partial charge in [0, 0.05) is 39.3 Å². The van der Waals surface area contributed by atoms with Crippen LogP contribution in [0.15, 0.2) is 0 Å². The Bertz CT molecular complexity index is 339.